The number of carbonyl (C=O) groups excluding carboxylic acids is 4. The zero-order valence-corrected chi connectivity index (χ0v) is 42.3. The number of ketones is 2. The Morgan fingerprint density at radius 3 is 2.31 bits per heavy atom. The summed E-state index contributed by atoms with van der Waals surface area (Å²) >= 11 is 0. The highest BCUT2D eigenvalue weighted by Crippen LogP contribution is 2.38. The SMILES string of the molecule is C=C1[C@H](C)C[C@H](C)/C=C/C=C/C=C(\C)C(OC2COC2)C[C@@H]2CC[C@@H](C)[C@@](O)(O2)C(=O)C(=O)N2CCCCC2C(=O)O[C@H]([C@H](C)C[C@@H]2CC[C@@H](O)[C@H](OC)C2)CC(=O)[C@H](C)/C=C(\C)[C@@H](O)[C@H]1OC. The zero-order chi connectivity index (χ0) is 49.9. The van der Waals surface area contributed by atoms with Crippen molar-refractivity contribution in [3.63, 3.8) is 0 Å². The van der Waals surface area contributed by atoms with E-state index in [0.717, 1.165) is 24.0 Å². The van der Waals surface area contributed by atoms with Crippen LogP contribution in [0.1, 0.15) is 126 Å². The Morgan fingerprint density at radius 1 is 0.897 bits per heavy atom. The molecule has 0 aromatic rings. The number of hydrogen-bond acceptors (Lipinski definition) is 13. The van der Waals surface area contributed by atoms with Gasteiger partial charge in [-0.1, -0.05) is 77.7 Å². The largest absolute Gasteiger partial charge is 0.460 e. The van der Waals surface area contributed by atoms with Gasteiger partial charge in [0.05, 0.1) is 37.6 Å². The number of allylic oxidation sites excluding steroid dienone is 6. The molecule has 382 valence electrons. The van der Waals surface area contributed by atoms with Crippen molar-refractivity contribution in [2.24, 2.45) is 35.5 Å². The van der Waals surface area contributed by atoms with Crippen LogP contribution in [0.2, 0.25) is 0 Å². The van der Waals surface area contributed by atoms with Gasteiger partial charge in [-0.3, -0.25) is 14.4 Å². The molecule has 4 heterocycles. The number of esters is 1. The average molecular weight is 954 g/mol. The van der Waals surface area contributed by atoms with E-state index < -0.39 is 77.9 Å². The minimum atomic E-state index is -2.43. The molecule has 3 N–H and O–H groups in total. The normalized spacial score (nSPS) is 40.4. The summed E-state index contributed by atoms with van der Waals surface area (Å²) in [5.41, 5.74) is 2.20. The number of aliphatic hydroxyl groups excluding tert-OH is 2. The number of Topliss-reactive ketones (excluding diaryl/α,β-unsaturated/α-hetero) is 2. The van der Waals surface area contributed by atoms with E-state index >= 15 is 0 Å². The lowest BCUT2D eigenvalue weighted by Gasteiger charge is -2.43. The van der Waals surface area contributed by atoms with E-state index in [2.05, 4.69) is 26.5 Å². The van der Waals surface area contributed by atoms with Crippen molar-refractivity contribution in [1.82, 2.24) is 4.90 Å². The van der Waals surface area contributed by atoms with Crippen LogP contribution in [-0.4, -0.2) is 138 Å². The van der Waals surface area contributed by atoms with E-state index in [4.69, 9.17) is 28.4 Å². The second-order valence-electron chi connectivity index (χ2n) is 20.8. The standard InChI is InChI=1S/C54H83NO13/c1-32-16-12-11-13-17-33(2)46(66-42-30-65-31-42)28-41-21-19-38(7)54(62,68-41)51(59)52(60)55-23-15-14-18-43(55)53(61)67-47(36(5)26-40-20-22-44(56)48(27-40)63-9)29-45(57)35(4)25-37(6)49(58)50(64-10)39(8)34(3)24-32/h11-13,16-17,25,32,34-36,38,40-44,46-50,56,58,62H,8,14-15,18-24,26-31H2,1-7,9-10H3/b13-11+,16-12+,33-17+,37-25+/t32-,34-,35-,36-,38-,40+,41+,43?,44-,46?,47+,48-,49-,50+,54-/m1/s1. The van der Waals surface area contributed by atoms with Crippen LogP contribution in [0.4, 0.5) is 0 Å². The average Bonchev–Trinajstić information content (AvgIpc) is 3.30. The number of piperidine rings is 1. The van der Waals surface area contributed by atoms with Crippen LogP contribution in [0, 0.1) is 35.5 Å². The van der Waals surface area contributed by atoms with Gasteiger partial charge in [0.2, 0.25) is 5.79 Å². The number of methoxy groups -OCH3 is 2. The van der Waals surface area contributed by atoms with E-state index in [9.17, 15) is 34.5 Å². The molecule has 15 atom stereocenters. The summed E-state index contributed by atoms with van der Waals surface area (Å²) in [5.74, 6) is -6.89. The van der Waals surface area contributed by atoms with Gasteiger partial charge < -0.3 is 48.6 Å². The Morgan fingerprint density at radius 2 is 1.63 bits per heavy atom. The first-order chi connectivity index (χ1) is 32.3. The van der Waals surface area contributed by atoms with Crippen molar-refractivity contribution < 1.29 is 62.9 Å². The van der Waals surface area contributed by atoms with Gasteiger partial charge >= 0.3 is 5.97 Å². The maximum absolute atomic E-state index is 14.5. The maximum Gasteiger partial charge on any atom is 0.329 e. The molecule has 2 unspecified atom stereocenters. The molecule has 0 spiro atoms. The van der Waals surface area contributed by atoms with Gasteiger partial charge in [0.1, 0.15) is 36.2 Å². The summed E-state index contributed by atoms with van der Waals surface area (Å²) < 4.78 is 35.9. The minimum Gasteiger partial charge on any atom is -0.460 e. The van der Waals surface area contributed by atoms with E-state index in [1.165, 1.54) is 12.0 Å². The van der Waals surface area contributed by atoms with Gasteiger partial charge in [0.15, 0.2) is 0 Å². The van der Waals surface area contributed by atoms with E-state index in [0.29, 0.717) is 70.2 Å². The summed E-state index contributed by atoms with van der Waals surface area (Å²) in [6.45, 7) is 18.7. The van der Waals surface area contributed by atoms with E-state index in [1.54, 1.807) is 34.0 Å². The Balaban J connectivity index is 1.47. The number of carbonyl (C=O) groups is 4. The summed E-state index contributed by atoms with van der Waals surface area (Å²) in [5, 5.41) is 34.2. The minimum absolute atomic E-state index is 0.00601. The Kier molecular flexibility index (Phi) is 21.0. The molecular weight excluding hydrogens is 871 g/mol. The molecule has 0 aromatic carbocycles. The third-order valence-electron chi connectivity index (χ3n) is 15.4. The third-order valence-corrected chi connectivity index (χ3v) is 15.4. The Hall–Kier alpha value is -3.34. The summed E-state index contributed by atoms with van der Waals surface area (Å²) in [6, 6.07) is -1.13. The molecule has 0 radical (unpaired) electrons. The molecule has 5 rings (SSSR count). The Bertz CT molecular complexity index is 1850. The van der Waals surface area contributed by atoms with Crippen LogP contribution in [0.15, 0.2) is 59.8 Å². The topological polar surface area (TPSA) is 188 Å². The smallest absolute Gasteiger partial charge is 0.329 e. The highest BCUT2D eigenvalue weighted by molar-refractivity contribution is 6.39. The number of hydrogen-bond donors (Lipinski definition) is 3. The van der Waals surface area contributed by atoms with Gasteiger partial charge in [0.25, 0.3) is 11.7 Å². The molecule has 2 bridgehead atoms. The highest BCUT2D eigenvalue weighted by atomic mass is 16.6. The second-order valence-corrected chi connectivity index (χ2v) is 20.8. The van der Waals surface area contributed by atoms with Crippen molar-refractivity contribution in [2.45, 2.75) is 186 Å². The lowest BCUT2D eigenvalue weighted by Crippen LogP contribution is -2.61. The first-order valence-corrected chi connectivity index (χ1v) is 25.3. The Labute approximate surface area is 405 Å². The van der Waals surface area contributed by atoms with Crippen molar-refractivity contribution in [2.75, 3.05) is 34.0 Å². The molecule has 1 amide bonds. The van der Waals surface area contributed by atoms with Gasteiger partial charge in [-0.2, -0.15) is 0 Å². The second kappa shape index (κ2) is 25.7. The van der Waals surface area contributed by atoms with Crippen LogP contribution in [-0.2, 0) is 47.6 Å². The number of aliphatic hydroxyl groups is 3. The summed E-state index contributed by atoms with van der Waals surface area (Å²) in [7, 11) is 3.12. The predicted molar refractivity (Wildman–Crippen MR) is 258 cm³/mol. The van der Waals surface area contributed by atoms with Crippen LogP contribution in [0.5, 0.6) is 0 Å². The number of ether oxygens (including phenoxy) is 6. The van der Waals surface area contributed by atoms with Crippen molar-refractivity contribution in [3.8, 4) is 0 Å². The molecule has 14 heteroatoms. The molecule has 5 aliphatic rings. The third kappa shape index (κ3) is 14.4. The van der Waals surface area contributed by atoms with Gasteiger partial charge in [-0.05, 0) is 118 Å². The first kappa shape index (κ1) is 55.6. The number of amides is 1. The van der Waals surface area contributed by atoms with Gasteiger partial charge in [-0.15, -0.1) is 0 Å². The number of fused-ring (bicyclic) bond motifs is 3. The van der Waals surface area contributed by atoms with Gasteiger partial charge in [-0.25, -0.2) is 4.79 Å². The molecule has 1 aliphatic carbocycles. The number of cyclic esters (lactones) is 1. The van der Waals surface area contributed by atoms with Crippen LogP contribution >= 0.6 is 0 Å². The molecular formula is C54H83NO13. The fourth-order valence-electron chi connectivity index (χ4n) is 10.6. The molecule has 4 aliphatic heterocycles. The van der Waals surface area contributed by atoms with E-state index in [-0.39, 0.29) is 61.0 Å². The van der Waals surface area contributed by atoms with Gasteiger partial charge in [0, 0.05) is 45.4 Å². The lowest BCUT2D eigenvalue weighted by molar-refractivity contribution is -0.267. The highest BCUT2D eigenvalue weighted by Gasteiger charge is 2.53. The molecule has 0 aromatic heterocycles. The molecule has 14 nitrogen and oxygen atoms in total. The quantitative estimate of drug-likeness (QED) is 0.136. The fourth-order valence-corrected chi connectivity index (χ4v) is 10.6. The summed E-state index contributed by atoms with van der Waals surface area (Å²) in [4.78, 5) is 58.6. The van der Waals surface area contributed by atoms with Crippen LogP contribution in [0.25, 0.3) is 0 Å². The van der Waals surface area contributed by atoms with Crippen molar-refractivity contribution in [3.05, 3.63) is 59.8 Å². The number of rotatable bonds is 7. The van der Waals surface area contributed by atoms with Crippen molar-refractivity contribution >= 4 is 23.4 Å². The molecule has 3 saturated heterocycles. The first-order valence-electron chi connectivity index (χ1n) is 25.3. The van der Waals surface area contributed by atoms with Crippen LogP contribution in [0.3, 0.4) is 0 Å². The molecule has 1 saturated carbocycles. The fraction of sp³-hybridized carbons (Fsp3) is 0.741. The summed E-state index contributed by atoms with van der Waals surface area (Å²) in [6.07, 6.45) is 12.7. The number of nitrogens with zero attached hydrogens (tertiary/aromatic N) is 1. The van der Waals surface area contributed by atoms with Crippen molar-refractivity contribution in [1.29, 1.82) is 0 Å². The monoisotopic (exact) mass is 954 g/mol. The maximum atomic E-state index is 14.5. The lowest BCUT2D eigenvalue weighted by atomic mass is 9.78. The zero-order valence-electron chi connectivity index (χ0n) is 42.3. The van der Waals surface area contributed by atoms with Crippen LogP contribution < -0.4 is 0 Å². The predicted octanol–water partition coefficient (Wildman–Crippen LogP) is 6.94. The molecule has 68 heavy (non-hydrogen) atoms. The van der Waals surface area contributed by atoms with E-state index in [1.807, 2.05) is 38.2 Å². The molecule has 4 fully saturated rings.